The first-order valence-electron chi connectivity index (χ1n) is 6.94. The quantitative estimate of drug-likeness (QED) is 0.795. The van der Waals surface area contributed by atoms with Crippen molar-refractivity contribution < 1.29 is 9.90 Å². The molecule has 1 aliphatic heterocycles. The first kappa shape index (κ1) is 15.3. The second-order valence-corrected chi connectivity index (χ2v) is 6.00. The fourth-order valence-electron chi connectivity index (χ4n) is 2.51. The zero-order valence-electron chi connectivity index (χ0n) is 11.7. The third kappa shape index (κ3) is 3.51. The number of carbonyl (C=O) groups excluding carboxylic acids is 1. The van der Waals surface area contributed by atoms with Gasteiger partial charge >= 0.3 is 0 Å². The highest BCUT2D eigenvalue weighted by Crippen LogP contribution is 2.26. The van der Waals surface area contributed by atoms with Gasteiger partial charge in [-0.2, -0.15) is 0 Å². The van der Waals surface area contributed by atoms with Crippen molar-refractivity contribution in [3.05, 3.63) is 34.9 Å². The van der Waals surface area contributed by atoms with Gasteiger partial charge in [0.2, 0.25) is 5.91 Å². The lowest BCUT2D eigenvalue weighted by atomic mass is 9.82. The van der Waals surface area contributed by atoms with Gasteiger partial charge in [0.1, 0.15) is 0 Å². The van der Waals surface area contributed by atoms with E-state index in [0.717, 1.165) is 19.4 Å². The predicted octanol–water partition coefficient (Wildman–Crippen LogP) is 1.88. The molecule has 1 aromatic carbocycles. The van der Waals surface area contributed by atoms with E-state index in [-0.39, 0.29) is 12.5 Å². The van der Waals surface area contributed by atoms with Crippen LogP contribution in [0.15, 0.2) is 24.3 Å². The van der Waals surface area contributed by atoms with E-state index in [9.17, 15) is 9.90 Å². The van der Waals surface area contributed by atoms with Crippen LogP contribution >= 0.6 is 11.6 Å². The van der Waals surface area contributed by atoms with Crippen molar-refractivity contribution in [1.82, 2.24) is 10.6 Å². The molecule has 1 saturated heterocycles. The molecule has 4 nitrogen and oxygen atoms in total. The lowest BCUT2D eigenvalue weighted by Crippen LogP contribution is -2.49. The standard InChI is InChI=1S/C15H21ClN2O2/c1-15(7-4-8-17-10-15)14(20)18-9-13(19)11-5-2-3-6-12(11)16/h2-3,5-6,13,17,19H,4,7-10H2,1H3,(H,18,20). The zero-order valence-corrected chi connectivity index (χ0v) is 12.4. The minimum Gasteiger partial charge on any atom is -0.387 e. The summed E-state index contributed by atoms with van der Waals surface area (Å²) in [7, 11) is 0. The van der Waals surface area contributed by atoms with E-state index in [1.54, 1.807) is 12.1 Å². The molecule has 1 aliphatic rings. The molecule has 2 atom stereocenters. The highest BCUT2D eigenvalue weighted by atomic mass is 35.5. The number of benzene rings is 1. The molecule has 1 heterocycles. The van der Waals surface area contributed by atoms with Crippen molar-refractivity contribution in [2.24, 2.45) is 5.41 Å². The third-order valence-corrected chi connectivity index (χ3v) is 4.21. The number of aliphatic hydroxyl groups is 1. The maximum absolute atomic E-state index is 12.2. The van der Waals surface area contributed by atoms with Gasteiger partial charge in [-0.25, -0.2) is 0 Å². The molecule has 0 bridgehead atoms. The fraction of sp³-hybridized carbons (Fsp3) is 0.533. The largest absolute Gasteiger partial charge is 0.387 e. The van der Waals surface area contributed by atoms with Gasteiger partial charge in [0.25, 0.3) is 0 Å². The summed E-state index contributed by atoms with van der Waals surface area (Å²) in [6, 6.07) is 7.13. The Morgan fingerprint density at radius 1 is 1.55 bits per heavy atom. The average molecular weight is 297 g/mol. The maximum atomic E-state index is 12.2. The Morgan fingerprint density at radius 2 is 2.30 bits per heavy atom. The van der Waals surface area contributed by atoms with Crippen LogP contribution in [0, 0.1) is 5.41 Å². The van der Waals surface area contributed by atoms with Crippen LogP contribution in [0.25, 0.3) is 0 Å². The number of aliphatic hydroxyl groups excluding tert-OH is 1. The van der Waals surface area contributed by atoms with E-state index in [4.69, 9.17) is 11.6 Å². The van der Waals surface area contributed by atoms with Crippen molar-refractivity contribution in [3.63, 3.8) is 0 Å². The Hall–Kier alpha value is -1.10. The van der Waals surface area contributed by atoms with Gasteiger partial charge in [0.15, 0.2) is 0 Å². The number of piperidine rings is 1. The van der Waals surface area contributed by atoms with Crippen LogP contribution in [0.1, 0.15) is 31.4 Å². The normalized spacial score (nSPS) is 24.1. The van der Waals surface area contributed by atoms with Crippen LogP contribution in [-0.2, 0) is 4.79 Å². The molecule has 3 N–H and O–H groups in total. The Labute approximate surface area is 124 Å². The summed E-state index contributed by atoms with van der Waals surface area (Å²) in [5, 5.41) is 16.7. The van der Waals surface area contributed by atoms with Crippen molar-refractivity contribution in [1.29, 1.82) is 0 Å². The molecule has 2 rings (SSSR count). The minimum absolute atomic E-state index is 0.0178. The molecule has 0 radical (unpaired) electrons. The van der Waals surface area contributed by atoms with E-state index in [2.05, 4.69) is 10.6 Å². The number of halogens is 1. The van der Waals surface area contributed by atoms with Crippen molar-refractivity contribution in [2.45, 2.75) is 25.9 Å². The summed E-state index contributed by atoms with van der Waals surface area (Å²) in [5.74, 6) is -0.0178. The highest BCUT2D eigenvalue weighted by molar-refractivity contribution is 6.31. The van der Waals surface area contributed by atoms with Crippen LogP contribution in [0.3, 0.4) is 0 Å². The first-order valence-corrected chi connectivity index (χ1v) is 7.32. The highest BCUT2D eigenvalue weighted by Gasteiger charge is 2.34. The van der Waals surface area contributed by atoms with Gasteiger partial charge in [-0.1, -0.05) is 29.8 Å². The number of carbonyl (C=O) groups is 1. The van der Waals surface area contributed by atoms with Gasteiger partial charge in [0, 0.05) is 23.7 Å². The van der Waals surface area contributed by atoms with Gasteiger partial charge in [0.05, 0.1) is 11.5 Å². The second kappa shape index (κ2) is 6.57. The second-order valence-electron chi connectivity index (χ2n) is 5.59. The lowest BCUT2D eigenvalue weighted by Gasteiger charge is -2.33. The molecule has 0 aliphatic carbocycles. The molecule has 20 heavy (non-hydrogen) atoms. The molecule has 2 unspecified atom stereocenters. The molecule has 110 valence electrons. The maximum Gasteiger partial charge on any atom is 0.227 e. The van der Waals surface area contributed by atoms with Crippen molar-refractivity contribution >= 4 is 17.5 Å². The Bertz CT molecular complexity index is 473. The van der Waals surface area contributed by atoms with Gasteiger partial charge in [-0.3, -0.25) is 4.79 Å². The zero-order chi connectivity index (χ0) is 14.6. The molecule has 1 amide bonds. The Balaban J connectivity index is 1.91. The average Bonchev–Trinajstić information content (AvgIpc) is 2.45. The fourth-order valence-corrected chi connectivity index (χ4v) is 2.77. The molecule has 5 heteroatoms. The number of hydrogen-bond acceptors (Lipinski definition) is 3. The van der Waals surface area contributed by atoms with Crippen LogP contribution in [0.5, 0.6) is 0 Å². The number of rotatable bonds is 4. The molecule has 0 aromatic heterocycles. The van der Waals surface area contributed by atoms with Gasteiger partial charge in [-0.05, 0) is 32.4 Å². The summed E-state index contributed by atoms with van der Waals surface area (Å²) < 4.78 is 0. The molecule has 1 aromatic rings. The van der Waals surface area contributed by atoms with E-state index in [0.29, 0.717) is 17.1 Å². The van der Waals surface area contributed by atoms with Crippen molar-refractivity contribution in [2.75, 3.05) is 19.6 Å². The molecular weight excluding hydrogens is 276 g/mol. The summed E-state index contributed by atoms with van der Waals surface area (Å²) in [6.07, 6.45) is 1.08. The number of amides is 1. The van der Waals surface area contributed by atoms with Gasteiger partial charge in [-0.15, -0.1) is 0 Å². The van der Waals surface area contributed by atoms with Crippen LogP contribution in [-0.4, -0.2) is 30.6 Å². The number of nitrogens with one attached hydrogen (secondary N) is 2. The molecule has 0 spiro atoms. The summed E-state index contributed by atoms with van der Waals surface area (Å²) in [5.41, 5.74) is 0.250. The lowest BCUT2D eigenvalue weighted by molar-refractivity contribution is -0.131. The summed E-state index contributed by atoms with van der Waals surface area (Å²) in [4.78, 5) is 12.2. The topological polar surface area (TPSA) is 61.4 Å². The van der Waals surface area contributed by atoms with E-state index in [1.165, 1.54) is 0 Å². The van der Waals surface area contributed by atoms with Crippen LogP contribution in [0.2, 0.25) is 5.02 Å². The molecular formula is C15H21ClN2O2. The summed E-state index contributed by atoms with van der Waals surface area (Å²) >= 11 is 6.03. The van der Waals surface area contributed by atoms with Crippen LogP contribution < -0.4 is 10.6 Å². The van der Waals surface area contributed by atoms with E-state index in [1.807, 2.05) is 19.1 Å². The SMILES string of the molecule is CC1(C(=O)NCC(O)c2ccccc2Cl)CCCNC1. The molecule has 1 fully saturated rings. The monoisotopic (exact) mass is 296 g/mol. The first-order chi connectivity index (χ1) is 9.53. The smallest absolute Gasteiger partial charge is 0.227 e. The summed E-state index contributed by atoms with van der Waals surface area (Å²) in [6.45, 7) is 3.78. The van der Waals surface area contributed by atoms with Gasteiger partial charge < -0.3 is 15.7 Å². The molecule has 0 saturated carbocycles. The van der Waals surface area contributed by atoms with E-state index < -0.39 is 11.5 Å². The van der Waals surface area contributed by atoms with Crippen LogP contribution in [0.4, 0.5) is 0 Å². The van der Waals surface area contributed by atoms with Crippen molar-refractivity contribution in [3.8, 4) is 0 Å². The Morgan fingerprint density at radius 3 is 2.95 bits per heavy atom. The minimum atomic E-state index is -0.784. The third-order valence-electron chi connectivity index (χ3n) is 3.87. The predicted molar refractivity (Wildman–Crippen MR) is 79.6 cm³/mol. The Kier molecular flexibility index (Phi) is 5.02. The number of hydrogen-bond donors (Lipinski definition) is 3. The van der Waals surface area contributed by atoms with E-state index >= 15 is 0 Å².